The topological polar surface area (TPSA) is 41.1 Å². The van der Waals surface area contributed by atoms with Crippen LogP contribution in [0.5, 0.6) is 0 Å². The fourth-order valence-electron chi connectivity index (χ4n) is 2.11. The summed E-state index contributed by atoms with van der Waals surface area (Å²) in [4.78, 5) is 11.9. The van der Waals surface area contributed by atoms with Crippen LogP contribution in [0.15, 0.2) is 24.3 Å². The van der Waals surface area contributed by atoms with Gasteiger partial charge in [-0.05, 0) is 24.6 Å². The van der Waals surface area contributed by atoms with E-state index in [1.54, 1.807) is 12.1 Å². The van der Waals surface area contributed by atoms with E-state index < -0.39 is 0 Å². The molecule has 2 atom stereocenters. The van der Waals surface area contributed by atoms with Gasteiger partial charge in [0.05, 0.1) is 6.04 Å². The van der Waals surface area contributed by atoms with E-state index in [0.717, 1.165) is 23.6 Å². The Morgan fingerprint density at radius 1 is 1.53 bits per heavy atom. The number of thioether (sulfide) groups is 1. The van der Waals surface area contributed by atoms with Crippen LogP contribution in [0.3, 0.4) is 0 Å². The molecule has 3 nitrogen and oxygen atoms in total. The first-order valence-corrected chi connectivity index (χ1v) is 7.66. The van der Waals surface area contributed by atoms with Gasteiger partial charge in [0.25, 0.3) is 0 Å². The van der Waals surface area contributed by atoms with Crippen molar-refractivity contribution in [3.05, 3.63) is 35.6 Å². The molecule has 104 valence electrons. The van der Waals surface area contributed by atoms with E-state index in [1.165, 1.54) is 12.1 Å². The van der Waals surface area contributed by atoms with E-state index in [4.69, 9.17) is 0 Å². The molecule has 1 fully saturated rings. The van der Waals surface area contributed by atoms with Gasteiger partial charge in [0.15, 0.2) is 0 Å². The summed E-state index contributed by atoms with van der Waals surface area (Å²) in [6, 6.07) is 6.40. The third-order valence-electron chi connectivity index (χ3n) is 3.18. The van der Waals surface area contributed by atoms with Crippen LogP contribution in [0, 0.1) is 5.82 Å². The molecule has 2 rings (SSSR count). The first kappa shape index (κ1) is 14.3. The van der Waals surface area contributed by atoms with Crippen molar-refractivity contribution in [3.8, 4) is 0 Å². The van der Waals surface area contributed by atoms with Crippen LogP contribution in [-0.4, -0.2) is 30.0 Å². The van der Waals surface area contributed by atoms with Gasteiger partial charge in [-0.25, -0.2) is 4.39 Å². The van der Waals surface area contributed by atoms with E-state index in [-0.39, 0.29) is 23.8 Å². The normalized spacial score (nSPS) is 20.8. The largest absolute Gasteiger partial charge is 0.350 e. The number of carbonyl (C=O) groups is 1. The zero-order valence-corrected chi connectivity index (χ0v) is 11.8. The maximum Gasteiger partial charge on any atom is 0.222 e. The van der Waals surface area contributed by atoms with Crippen LogP contribution in [0.4, 0.5) is 4.39 Å². The third kappa shape index (κ3) is 4.51. The highest BCUT2D eigenvalue weighted by molar-refractivity contribution is 7.99. The van der Waals surface area contributed by atoms with Gasteiger partial charge in [0.1, 0.15) is 5.82 Å². The summed E-state index contributed by atoms with van der Waals surface area (Å²) in [7, 11) is 0. The van der Waals surface area contributed by atoms with Crippen molar-refractivity contribution in [2.24, 2.45) is 0 Å². The quantitative estimate of drug-likeness (QED) is 0.888. The molecular formula is C14H19FN2OS. The van der Waals surface area contributed by atoms with Gasteiger partial charge in [-0.3, -0.25) is 4.79 Å². The molecule has 1 aromatic carbocycles. The Morgan fingerprint density at radius 3 is 2.89 bits per heavy atom. The van der Waals surface area contributed by atoms with E-state index in [0.29, 0.717) is 6.42 Å². The standard InChI is InChI=1S/C14H19FN2OS/c1-10(11-2-4-12(15)5-3-11)17-14(18)8-13-9-19-7-6-16-13/h2-5,10,13,16H,6-9H2,1H3,(H,17,18)/t10-,13+/m0/s1. The minimum absolute atomic E-state index is 0.0387. The molecular weight excluding hydrogens is 263 g/mol. The maximum atomic E-state index is 12.8. The Kier molecular flexibility index (Phi) is 5.22. The Balaban J connectivity index is 1.82. The lowest BCUT2D eigenvalue weighted by Gasteiger charge is -2.23. The number of benzene rings is 1. The van der Waals surface area contributed by atoms with Crippen LogP contribution in [0.25, 0.3) is 0 Å². The molecule has 19 heavy (non-hydrogen) atoms. The van der Waals surface area contributed by atoms with Crippen molar-refractivity contribution in [3.63, 3.8) is 0 Å². The lowest BCUT2D eigenvalue weighted by molar-refractivity contribution is -0.122. The summed E-state index contributed by atoms with van der Waals surface area (Å²) in [5.41, 5.74) is 0.917. The number of rotatable bonds is 4. The van der Waals surface area contributed by atoms with Crippen LogP contribution in [0.2, 0.25) is 0 Å². The van der Waals surface area contributed by atoms with Crippen LogP contribution in [0.1, 0.15) is 24.9 Å². The molecule has 0 saturated carbocycles. The van der Waals surface area contributed by atoms with E-state index in [2.05, 4.69) is 10.6 Å². The summed E-state index contributed by atoms with van der Waals surface area (Å²) < 4.78 is 12.8. The monoisotopic (exact) mass is 282 g/mol. The summed E-state index contributed by atoms with van der Waals surface area (Å²) in [6.07, 6.45) is 0.499. The molecule has 1 amide bonds. The molecule has 0 unspecified atom stereocenters. The van der Waals surface area contributed by atoms with Crippen molar-refractivity contribution in [2.75, 3.05) is 18.1 Å². The Hall–Kier alpha value is -1.07. The summed E-state index contributed by atoms with van der Waals surface area (Å²) in [5.74, 6) is 1.88. The van der Waals surface area contributed by atoms with Gasteiger partial charge in [0, 0.05) is 30.5 Å². The van der Waals surface area contributed by atoms with E-state index in [9.17, 15) is 9.18 Å². The van der Waals surface area contributed by atoms with E-state index >= 15 is 0 Å². The lowest BCUT2D eigenvalue weighted by Crippen LogP contribution is -2.41. The first-order chi connectivity index (χ1) is 9.15. The van der Waals surface area contributed by atoms with Gasteiger partial charge >= 0.3 is 0 Å². The Labute approximate surface area is 117 Å². The molecule has 5 heteroatoms. The number of amides is 1. The molecule has 0 aromatic heterocycles. The first-order valence-electron chi connectivity index (χ1n) is 6.51. The highest BCUT2D eigenvalue weighted by Gasteiger charge is 2.18. The fraction of sp³-hybridized carbons (Fsp3) is 0.500. The van der Waals surface area contributed by atoms with Crippen LogP contribution < -0.4 is 10.6 Å². The molecule has 2 N–H and O–H groups in total. The summed E-state index contributed by atoms with van der Waals surface area (Å²) >= 11 is 1.88. The molecule has 1 aliphatic rings. The van der Waals surface area contributed by atoms with Crippen molar-refractivity contribution in [1.29, 1.82) is 0 Å². The van der Waals surface area contributed by atoms with Gasteiger partial charge in [0.2, 0.25) is 5.91 Å². The number of nitrogens with one attached hydrogen (secondary N) is 2. The second-order valence-electron chi connectivity index (χ2n) is 4.77. The third-order valence-corrected chi connectivity index (χ3v) is 4.31. The van der Waals surface area contributed by atoms with Gasteiger partial charge in [-0.1, -0.05) is 12.1 Å². The molecule has 0 radical (unpaired) electrons. The van der Waals surface area contributed by atoms with Crippen LogP contribution in [-0.2, 0) is 4.79 Å². The Bertz CT molecular complexity index is 418. The van der Waals surface area contributed by atoms with E-state index in [1.807, 2.05) is 18.7 Å². The molecule has 1 saturated heterocycles. The SMILES string of the molecule is C[C@H](NC(=O)C[C@@H]1CSCCN1)c1ccc(F)cc1. The summed E-state index contributed by atoms with van der Waals surface area (Å²) in [5, 5.41) is 6.29. The second-order valence-corrected chi connectivity index (χ2v) is 5.92. The van der Waals surface area contributed by atoms with Gasteiger partial charge in [-0.2, -0.15) is 11.8 Å². The molecule has 0 spiro atoms. The average Bonchev–Trinajstić information content (AvgIpc) is 2.40. The summed E-state index contributed by atoms with van der Waals surface area (Å²) in [6.45, 7) is 2.88. The molecule has 0 bridgehead atoms. The van der Waals surface area contributed by atoms with Crippen molar-refractivity contribution < 1.29 is 9.18 Å². The van der Waals surface area contributed by atoms with Crippen LogP contribution >= 0.6 is 11.8 Å². The Morgan fingerprint density at radius 2 is 2.26 bits per heavy atom. The highest BCUT2D eigenvalue weighted by atomic mass is 32.2. The predicted octanol–water partition coefficient (Wildman–Crippen LogP) is 2.10. The second kappa shape index (κ2) is 6.91. The minimum Gasteiger partial charge on any atom is -0.350 e. The average molecular weight is 282 g/mol. The minimum atomic E-state index is -0.259. The highest BCUT2D eigenvalue weighted by Crippen LogP contribution is 2.14. The zero-order chi connectivity index (χ0) is 13.7. The number of hydrogen-bond acceptors (Lipinski definition) is 3. The van der Waals surface area contributed by atoms with Crippen molar-refractivity contribution in [1.82, 2.24) is 10.6 Å². The number of hydrogen-bond donors (Lipinski definition) is 2. The number of carbonyl (C=O) groups excluding carboxylic acids is 1. The fourth-order valence-corrected chi connectivity index (χ4v) is 3.06. The maximum absolute atomic E-state index is 12.8. The lowest BCUT2D eigenvalue weighted by atomic mass is 10.1. The molecule has 0 aliphatic carbocycles. The predicted molar refractivity (Wildman–Crippen MR) is 76.7 cm³/mol. The molecule has 1 aromatic rings. The van der Waals surface area contributed by atoms with Crippen molar-refractivity contribution >= 4 is 17.7 Å². The van der Waals surface area contributed by atoms with Gasteiger partial charge < -0.3 is 10.6 Å². The van der Waals surface area contributed by atoms with Crippen molar-refractivity contribution in [2.45, 2.75) is 25.4 Å². The number of halogens is 1. The zero-order valence-electron chi connectivity index (χ0n) is 11.0. The molecule has 1 aliphatic heterocycles. The smallest absolute Gasteiger partial charge is 0.222 e. The molecule has 1 heterocycles. The van der Waals surface area contributed by atoms with Gasteiger partial charge in [-0.15, -0.1) is 0 Å².